The molecule has 1 saturated carbocycles. The number of hydrogen-bond acceptors (Lipinski definition) is 2. The zero-order valence-corrected chi connectivity index (χ0v) is 11.6. The molecule has 1 aliphatic carbocycles. The molecule has 0 spiro atoms. The van der Waals surface area contributed by atoms with Crippen LogP contribution in [-0.4, -0.2) is 17.3 Å². The summed E-state index contributed by atoms with van der Waals surface area (Å²) in [4.78, 5) is 0. The highest BCUT2D eigenvalue weighted by Crippen LogP contribution is 2.22. The molecule has 16 heavy (non-hydrogen) atoms. The van der Waals surface area contributed by atoms with Gasteiger partial charge in [0, 0.05) is 12.1 Å². The molecule has 0 amide bonds. The van der Waals surface area contributed by atoms with Crippen LogP contribution in [0.1, 0.15) is 25.7 Å². The molecule has 1 heterocycles. The van der Waals surface area contributed by atoms with Gasteiger partial charge in [-0.15, -0.1) is 0 Å². The van der Waals surface area contributed by atoms with Crippen molar-refractivity contribution in [1.29, 1.82) is 0 Å². The van der Waals surface area contributed by atoms with Gasteiger partial charge >= 0.3 is 0 Å². The van der Waals surface area contributed by atoms with Crippen molar-refractivity contribution in [3.8, 4) is 5.75 Å². The molecule has 0 aliphatic heterocycles. The second kappa shape index (κ2) is 6.39. The zero-order chi connectivity index (χ0) is 10.7. The minimum atomic E-state index is -0.113. The van der Waals surface area contributed by atoms with Crippen molar-refractivity contribution in [1.82, 2.24) is 0 Å². The van der Waals surface area contributed by atoms with Gasteiger partial charge in [0.25, 0.3) is 0 Å². The van der Waals surface area contributed by atoms with Crippen molar-refractivity contribution in [2.24, 2.45) is 7.05 Å². The van der Waals surface area contributed by atoms with Gasteiger partial charge < -0.3 is 33.8 Å². The first-order valence-corrected chi connectivity index (χ1v) is 5.54. The van der Waals surface area contributed by atoms with E-state index in [-0.39, 0.29) is 36.2 Å². The number of aliphatic hydroxyl groups excluding tert-OH is 1. The van der Waals surface area contributed by atoms with E-state index < -0.39 is 0 Å². The molecule has 1 N–H and O–H groups in total. The van der Waals surface area contributed by atoms with Crippen LogP contribution in [0.5, 0.6) is 5.75 Å². The largest absolute Gasteiger partial charge is 1.00 e. The third-order valence-electron chi connectivity index (χ3n) is 2.89. The Balaban J connectivity index is 0.00000128. The van der Waals surface area contributed by atoms with Crippen molar-refractivity contribution in [3.63, 3.8) is 0 Å². The Kier molecular flexibility index (Phi) is 5.48. The average molecular weight is 335 g/mol. The number of aryl methyl sites for hydroxylation is 1. The molecule has 0 aromatic carbocycles. The van der Waals surface area contributed by atoms with Crippen LogP contribution in [-0.2, 0) is 7.05 Å². The summed E-state index contributed by atoms with van der Waals surface area (Å²) in [5, 5.41) is 9.37. The second-order valence-corrected chi connectivity index (χ2v) is 4.25. The molecule has 1 fully saturated rings. The molecule has 0 bridgehead atoms. The number of ether oxygens (including phenoxy) is 1. The topological polar surface area (TPSA) is 33.3 Å². The molecular formula is C12H18INO2. The van der Waals surface area contributed by atoms with E-state index >= 15 is 0 Å². The molecule has 4 heteroatoms. The monoisotopic (exact) mass is 335 g/mol. The number of rotatable bonds is 2. The smallest absolute Gasteiger partial charge is 0.172 e. The van der Waals surface area contributed by atoms with Crippen LogP contribution in [0.2, 0.25) is 0 Å². The van der Waals surface area contributed by atoms with E-state index in [4.69, 9.17) is 4.74 Å². The summed E-state index contributed by atoms with van der Waals surface area (Å²) in [5.74, 6) is 0.925. The first kappa shape index (κ1) is 13.7. The first-order chi connectivity index (χ1) is 7.24. The van der Waals surface area contributed by atoms with Gasteiger partial charge in [-0.3, -0.25) is 0 Å². The first-order valence-electron chi connectivity index (χ1n) is 5.54. The third kappa shape index (κ3) is 3.90. The van der Waals surface area contributed by atoms with Gasteiger partial charge in [-0.2, -0.15) is 0 Å². The fourth-order valence-corrected chi connectivity index (χ4v) is 1.92. The maximum atomic E-state index is 9.37. The van der Waals surface area contributed by atoms with E-state index in [1.54, 1.807) is 0 Å². The summed E-state index contributed by atoms with van der Waals surface area (Å²) in [5.41, 5.74) is 0. The lowest BCUT2D eigenvalue weighted by Gasteiger charge is -2.25. The van der Waals surface area contributed by atoms with Crippen LogP contribution in [0.15, 0.2) is 24.5 Å². The summed E-state index contributed by atoms with van der Waals surface area (Å²) in [6.45, 7) is 0. The second-order valence-electron chi connectivity index (χ2n) is 4.25. The molecule has 1 aromatic rings. The molecule has 1 aliphatic rings. The van der Waals surface area contributed by atoms with Crippen molar-refractivity contribution >= 4 is 0 Å². The molecule has 0 unspecified atom stereocenters. The number of aromatic nitrogens is 1. The average Bonchev–Trinajstić information content (AvgIpc) is 2.25. The quantitative estimate of drug-likeness (QED) is 0.511. The number of aliphatic hydroxyl groups is 1. The van der Waals surface area contributed by atoms with E-state index in [0.717, 1.165) is 31.4 Å². The lowest BCUT2D eigenvalue weighted by atomic mass is 9.95. The summed E-state index contributed by atoms with van der Waals surface area (Å²) in [7, 11) is 1.99. The number of pyridine rings is 1. The molecule has 90 valence electrons. The highest BCUT2D eigenvalue weighted by Gasteiger charge is 2.20. The van der Waals surface area contributed by atoms with Crippen LogP contribution in [0, 0.1) is 0 Å². The van der Waals surface area contributed by atoms with Gasteiger partial charge in [0.1, 0.15) is 12.8 Å². The Morgan fingerprint density at radius 1 is 1.19 bits per heavy atom. The van der Waals surface area contributed by atoms with Gasteiger partial charge in [-0.1, -0.05) is 0 Å². The Hall–Kier alpha value is -0.360. The van der Waals surface area contributed by atoms with Crippen LogP contribution in [0.3, 0.4) is 0 Å². The SMILES string of the molecule is C[n+]1ccc(O[C@H]2CC[C@H](O)CC2)cc1.[I-]. The maximum Gasteiger partial charge on any atom is 0.172 e. The Morgan fingerprint density at radius 3 is 2.31 bits per heavy atom. The predicted molar refractivity (Wildman–Crippen MR) is 56.5 cm³/mol. The summed E-state index contributed by atoms with van der Waals surface area (Å²) in [6, 6.07) is 3.95. The molecule has 1 aromatic heterocycles. The van der Waals surface area contributed by atoms with Gasteiger partial charge in [-0.05, 0) is 25.7 Å². The normalized spacial score (nSPS) is 24.6. The molecule has 2 rings (SSSR count). The van der Waals surface area contributed by atoms with Crippen LogP contribution in [0.25, 0.3) is 0 Å². The van der Waals surface area contributed by atoms with Crippen molar-refractivity contribution in [2.45, 2.75) is 37.9 Å². The van der Waals surface area contributed by atoms with Gasteiger partial charge in [0.2, 0.25) is 0 Å². The van der Waals surface area contributed by atoms with Crippen molar-refractivity contribution in [2.75, 3.05) is 0 Å². The van der Waals surface area contributed by atoms with E-state index in [0.29, 0.717) is 0 Å². The minimum absolute atomic E-state index is 0. The highest BCUT2D eigenvalue weighted by atomic mass is 127. The van der Waals surface area contributed by atoms with Gasteiger partial charge in [0.15, 0.2) is 12.4 Å². The molecular weight excluding hydrogens is 317 g/mol. The Bertz CT molecular complexity index is 307. The van der Waals surface area contributed by atoms with Gasteiger partial charge in [-0.25, -0.2) is 4.57 Å². The van der Waals surface area contributed by atoms with Crippen LogP contribution in [0.4, 0.5) is 0 Å². The highest BCUT2D eigenvalue weighted by molar-refractivity contribution is 5.15. The standard InChI is InChI=1S/C12H18NO2.HI/c1-13-8-6-12(7-9-13)15-11-4-2-10(14)3-5-11;/h6-11,14H,2-5H2,1H3;1H/q+1;/p-1/t10-,11-;. The van der Waals surface area contributed by atoms with Crippen LogP contribution >= 0.6 is 0 Å². The van der Waals surface area contributed by atoms with Crippen molar-refractivity contribution < 1.29 is 38.4 Å². The molecule has 0 radical (unpaired) electrons. The number of halogens is 1. The maximum absolute atomic E-state index is 9.37. The number of hydrogen-bond donors (Lipinski definition) is 1. The minimum Gasteiger partial charge on any atom is -1.00 e. The summed E-state index contributed by atoms with van der Waals surface area (Å²) in [6.07, 6.45) is 7.78. The van der Waals surface area contributed by atoms with E-state index in [1.165, 1.54) is 0 Å². The molecule has 3 nitrogen and oxygen atoms in total. The third-order valence-corrected chi connectivity index (χ3v) is 2.89. The molecule has 0 atom stereocenters. The molecule has 0 saturated heterocycles. The van der Waals surface area contributed by atoms with E-state index in [9.17, 15) is 5.11 Å². The summed E-state index contributed by atoms with van der Waals surface area (Å²) < 4.78 is 7.82. The predicted octanol–water partition coefficient (Wildman–Crippen LogP) is -1.80. The Morgan fingerprint density at radius 2 is 1.75 bits per heavy atom. The fourth-order valence-electron chi connectivity index (χ4n) is 1.92. The van der Waals surface area contributed by atoms with E-state index in [1.807, 2.05) is 36.1 Å². The van der Waals surface area contributed by atoms with Gasteiger partial charge in [0.05, 0.1) is 12.2 Å². The lowest BCUT2D eigenvalue weighted by Crippen LogP contribution is -3.00. The summed E-state index contributed by atoms with van der Waals surface area (Å²) >= 11 is 0. The lowest BCUT2D eigenvalue weighted by molar-refractivity contribution is -0.671. The zero-order valence-electron chi connectivity index (χ0n) is 9.47. The van der Waals surface area contributed by atoms with Crippen LogP contribution < -0.4 is 33.3 Å². The fraction of sp³-hybridized carbons (Fsp3) is 0.583. The van der Waals surface area contributed by atoms with Crippen molar-refractivity contribution in [3.05, 3.63) is 24.5 Å². The number of nitrogens with zero attached hydrogens (tertiary/aromatic N) is 1. The Labute approximate surface area is 113 Å². The van der Waals surface area contributed by atoms with E-state index in [2.05, 4.69) is 0 Å².